The Bertz CT molecular complexity index is 2990. The molecule has 0 N–H and O–H groups in total. The van der Waals surface area contributed by atoms with E-state index in [9.17, 15) is 0 Å². The molecule has 9 aromatic carbocycles. The molecule has 1 heteroatoms. The third kappa shape index (κ3) is 4.15. The first-order chi connectivity index (χ1) is 27.8. The average Bonchev–Trinajstić information content (AvgIpc) is 3.74. The Labute approximate surface area is 327 Å². The predicted molar refractivity (Wildman–Crippen MR) is 233 cm³/mol. The summed E-state index contributed by atoms with van der Waals surface area (Å²) >= 11 is 0. The van der Waals surface area contributed by atoms with Crippen molar-refractivity contribution in [3.63, 3.8) is 0 Å². The Balaban J connectivity index is 1.15. The first-order valence-corrected chi connectivity index (χ1v) is 19.5. The van der Waals surface area contributed by atoms with Crippen LogP contribution in [0.1, 0.15) is 22.3 Å². The van der Waals surface area contributed by atoms with Crippen molar-refractivity contribution in [3.8, 4) is 66.8 Å². The topological polar surface area (TPSA) is 3.24 Å². The zero-order valence-electron chi connectivity index (χ0n) is 30.7. The molecule has 0 saturated heterocycles. The van der Waals surface area contributed by atoms with E-state index >= 15 is 0 Å². The van der Waals surface area contributed by atoms with E-state index in [4.69, 9.17) is 0 Å². The maximum Gasteiger partial charge on any atom is 0.0726 e. The number of nitrogens with zero attached hydrogens (tertiary/aromatic N) is 1. The van der Waals surface area contributed by atoms with Crippen molar-refractivity contribution in [2.75, 3.05) is 4.90 Å². The largest absolute Gasteiger partial charge is 0.310 e. The lowest BCUT2D eigenvalue weighted by atomic mass is 9.70. The van der Waals surface area contributed by atoms with Crippen molar-refractivity contribution in [3.05, 3.63) is 235 Å². The highest BCUT2D eigenvalue weighted by Crippen LogP contribution is 2.64. The molecule has 0 aromatic heterocycles. The smallest absolute Gasteiger partial charge is 0.0726 e. The lowest BCUT2D eigenvalue weighted by molar-refractivity contribution is 0.794. The molecule has 3 aliphatic carbocycles. The number of hydrogen-bond donors (Lipinski definition) is 0. The quantitative estimate of drug-likeness (QED) is 0.177. The SMILES string of the molecule is c1ccc(N(c2ccc3c(c2)-c2ccccc2-c2ccccc2-c2ccccc2-3)c2cccc3c2-c2ccccc2C32c3ccccc3-c3ccccc32)cc1. The first kappa shape index (κ1) is 31.2. The van der Waals surface area contributed by atoms with E-state index in [2.05, 4.69) is 217 Å². The Morgan fingerprint density at radius 3 is 1.18 bits per heavy atom. The van der Waals surface area contributed by atoms with E-state index in [1.54, 1.807) is 0 Å². The number of fused-ring (bicyclic) bond motifs is 18. The number of benzene rings is 9. The van der Waals surface area contributed by atoms with Crippen LogP contribution >= 0.6 is 0 Å². The second-order valence-electron chi connectivity index (χ2n) is 15.1. The van der Waals surface area contributed by atoms with Gasteiger partial charge in [0.05, 0.1) is 11.1 Å². The Kier molecular flexibility index (Phi) is 6.62. The summed E-state index contributed by atoms with van der Waals surface area (Å²) in [7, 11) is 0. The van der Waals surface area contributed by atoms with Crippen molar-refractivity contribution >= 4 is 17.1 Å². The zero-order valence-corrected chi connectivity index (χ0v) is 30.7. The molecule has 0 radical (unpaired) electrons. The van der Waals surface area contributed by atoms with Gasteiger partial charge in [0.15, 0.2) is 0 Å². The molecule has 1 nitrogen and oxygen atoms in total. The zero-order chi connectivity index (χ0) is 36.8. The van der Waals surface area contributed by atoms with Crippen LogP contribution in [-0.2, 0) is 5.41 Å². The van der Waals surface area contributed by atoms with Gasteiger partial charge in [0, 0.05) is 16.9 Å². The van der Waals surface area contributed by atoms with Crippen molar-refractivity contribution in [2.24, 2.45) is 0 Å². The molecule has 0 unspecified atom stereocenters. The van der Waals surface area contributed by atoms with Crippen LogP contribution in [0.3, 0.4) is 0 Å². The van der Waals surface area contributed by atoms with Crippen LogP contribution in [-0.4, -0.2) is 0 Å². The van der Waals surface area contributed by atoms with Gasteiger partial charge in [0.2, 0.25) is 0 Å². The van der Waals surface area contributed by atoms with E-state index in [0.29, 0.717) is 0 Å². The van der Waals surface area contributed by atoms with Crippen molar-refractivity contribution in [2.45, 2.75) is 5.41 Å². The molecule has 9 aromatic rings. The highest BCUT2D eigenvalue weighted by molar-refractivity contribution is 6.05. The maximum atomic E-state index is 2.49. The molecule has 56 heavy (non-hydrogen) atoms. The number of hydrogen-bond acceptors (Lipinski definition) is 1. The van der Waals surface area contributed by atoms with Crippen molar-refractivity contribution in [1.29, 1.82) is 0 Å². The molecule has 0 heterocycles. The number of anilines is 3. The summed E-state index contributed by atoms with van der Waals surface area (Å²) in [6.45, 7) is 0. The summed E-state index contributed by atoms with van der Waals surface area (Å²) in [5.41, 5.74) is 23.6. The van der Waals surface area contributed by atoms with Crippen LogP contribution in [0.15, 0.2) is 212 Å². The Morgan fingerprint density at radius 2 is 0.643 bits per heavy atom. The summed E-state index contributed by atoms with van der Waals surface area (Å²) in [6, 6.07) is 78.9. The van der Waals surface area contributed by atoms with Crippen LogP contribution in [0.2, 0.25) is 0 Å². The standard InChI is InChI=1S/C55H35N/c1-2-17-36(18-3-1)56(37-33-34-44-42-23-7-6-21-40(42)38-19-4-5-20-39(38)41-22-8-9-24-43(41)48(44)35-37)53-32-16-31-52-54(53)47-27-12-15-30-51(47)55(52)49-28-13-10-25-45(49)46-26-11-14-29-50(46)55/h1-35H. The summed E-state index contributed by atoms with van der Waals surface area (Å²) in [6.07, 6.45) is 0. The maximum absolute atomic E-state index is 2.49. The van der Waals surface area contributed by atoms with Crippen LogP contribution < -0.4 is 4.90 Å². The summed E-state index contributed by atoms with van der Waals surface area (Å²) < 4.78 is 0. The molecular weight excluding hydrogens is 675 g/mol. The monoisotopic (exact) mass is 709 g/mol. The van der Waals surface area contributed by atoms with E-state index in [1.807, 2.05) is 0 Å². The van der Waals surface area contributed by atoms with Gasteiger partial charge in [0.25, 0.3) is 0 Å². The number of rotatable bonds is 3. The van der Waals surface area contributed by atoms with Crippen LogP contribution in [0.5, 0.6) is 0 Å². The highest BCUT2D eigenvalue weighted by atomic mass is 15.1. The first-order valence-electron chi connectivity index (χ1n) is 19.5. The van der Waals surface area contributed by atoms with Gasteiger partial charge >= 0.3 is 0 Å². The third-order valence-electron chi connectivity index (χ3n) is 12.5. The molecule has 0 atom stereocenters. The second-order valence-corrected chi connectivity index (χ2v) is 15.1. The Morgan fingerprint density at radius 1 is 0.250 bits per heavy atom. The molecular formula is C55H35N. The molecule has 12 rings (SSSR count). The van der Waals surface area contributed by atoms with E-state index in [1.165, 1.54) is 94.7 Å². The average molecular weight is 710 g/mol. The van der Waals surface area contributed by atoms with Crippen LogP contribution in [0, 0.1) is 0 Å². The van der Waals surface area contributed by atoms with Crippen molar-refractivity contribution in [1.82, 2.24) is 0 Å². The summed E-state index contributed by atoms with van der Waals surface area (Å²) in [5, 5.41) is 0. The van der Waals surface area contributed by atoms with Crippen LogP contribution in [0.4, 0.5) is 17.1 Å². The molecule has 0 saturated carbocycles. The highest BCUT2D eigenvalue weighted by Gasteiger charge is 2.52. The normalized spacial score (nSPS) is 13.1. The number of para-hydroxylation sites is 1. The van der Waals surface area contributed by atoms with Gasteiger partial charge in [-0.2, -0.15) is 0 Å². The molecule has 0 amide bonds. The molecule has 0 bridgehead atoms. The minimum absolute atomic E-state index is 0.417. The lowest BCUT2D eigenvalue weighted by Crippen LogP contribution is -2.26. The summed E-state index contributed by atoms with van der Waals surface area (Å²) in [4.78, 5) is 2.49. The minimum Gasteiger partial charge on any atom is -0.310 e. The van der Waals surface area contributed by atoms with E-state index in [-0.39, 0.29) is 0 Å². The Hall–Kier alpha value is -7.22. The molecule has 0 fully saturated rings. The van der Waals surface area contributed by atoms with Gasteiger partial charge in [0.1, 0.15) is 0 Å². The van der Waals surface area contributed by atoms with Gasteiger partial charge in [-0.25, -0.2) is 0 Å². The van der Waals surface area contributed by atoms with Crippen LogP contribution in [0.25, 0.3) is 66.8 Å². The van der Waals surface area contributed by atoms with Gasteiger partial charge in [-0.1, -0.05) is 182 Å². The van der Waals surface area contributed by atoms with Gasteiger partial charge in [-0.15, -0.1) is 0 Å². The van der Waals surface area contributed by atoms with Gasteiger partial charge in [-0.3, -0.25) is 0 Å². The lowest BCUT2D eigenvalue weighted by Gasteiger charge is -2.32. The van der Waals surface area contributed by atoms with E-state index in [0.717, 1.165) is 11.4 Å². The van der Waals surface area contributed by atoms with Gasteiger partial charge in [-0.05, 0) is 114 Å². The third-order valence-corrected chi connectivity index (χ3v) is 12.5. The summed E-state index contributed by atoms with van der Waals surface area (Å²) in [5.74, 6) is 0. The predicted octanol–water partition coefficient (Wildman–Crippen LogP) is 14.5. The molecule has 260 valence electrons. The van der Waals surface area contributed by atoms with E-state index < -0.39 is 5.41 Å². The fourth-order valence-corrected chi connectivity index (χ4v) is 10.3. The minimum atomic E-state index is -0.417. The molecule has 3 aliphatic rings. The second kappa shape index (κ2) is 11.9. The molecule has 0 aliphatic heterocycles. The van der Waals surface area contributed by atoms with Gasteiger partial charge < -0.3 is 4.90 Å². The fraction of sp³-hybridized carbons (Fsp3) is 0.0182. The van der Waals surface area contributed by atoms with Crippen molar-refractivity contribution < 1.29 is 0 Å². The molecule has 1 spiro atoms. The fourth-order valence-electron chi connectivity index (χ4n) is 10.3.